The predicted octanol–water partition coefficient (Wildman–Crippen LogP) is 4.25. The number of aromatic nitrogens is 1. The Kier molecular flexibility index (Phi) is 2.07. The summed E-state index contributed by atoms with van der Waals surface area (Å²) in [6.07, 6.45) is 14.6. The largest absolute Gasteiger partial charge is 0.343 e. The zero-order valence-corrected chi connectivity index (χ0v) is 10.2. The maximum atomic E-state index is 2.44. The second-order valence-corrected chi connectivity index (χ2v) is 5.06. The van der Waals surface area contributed by atoms with Gasteiger partial charge in [-0.05, 0) is 29.5 Å². The van der Waals surface area contributed by atoms with Gasteiger partial charge in [-0.1, -0.05) is 48.6 Å². The van der Waals surface area contributed by atoms with Crippen LogP contribution in [0.4, 0.5) is 0 Å². The average molecular weight is 233 g/mol. The molecule has 0 N–H and O–H groups in total. The topological polar surface area (TPSA) is 4.93 Å². The lowest BCUT2D eigenvalue weighted by Crippen LogP contribution is -2.14. The van der Waals surface area contributed by atoms with E-state index in [1.165, 1.54) is 16.5 Å². The smallest absolute Gasteiger partial charge is 0.0483 e. The molecule has 2 aliphatic rings. The van der Waals surface area contributed by atoms with Gasteiger partial charge in [0.2, 0.25) is 0 Å². The summed E-state index contributed by atoms with van der Waals surface area (Å²) >= 11 is 0. The summed E-state index contributed by atoms with van der Waals surface area (Å²) in [5.41, 5.74) is 2.82. The van der Waals surface area contributed by atoms with Crippen molar-refractivity contribution < 1.29 is 0 Å². The number of para-hydroxylation sites is 1. The fraction of sp³-hybridized carbons (Fsp3) is 0.176. The normalized spacial score (nSPS) is 25.4. The van der Waals surface area contributed by atoms with Crippen molar-refractivity contribution in [1.82, 2.24) is 4.57 Å². The molecule has 1 heteroatoms. The molecular weight excluding hydrogens is 218 g/mol. The minimum absolute atomic E-state index is 0.543. The average Bonchev–Trinajstić information content (AvgIpc) is 3.01. The highest BCUT2D eigenvalue weighted by molar-refractivity contribution is 5.80. The number of rotatable bonds is 1. The van der Waals surface area contributed by atoms with Crippen molar-refractivity contribution in [2.24, 2.45) is 5.92 Å². The SMILES string of the molecule is C1=CC2=CCC(n3ccc4ccccc43)C2C=C1. The Bertz CT molecular complexity index is 684. The molecule has 1 nitrogen and oxygen atoms in total. The van der Waals surface area contributed by atoms with E-state index in [9.17, 15) is 0 Å². The molecule has 0 aliphatic heterocycles. The third-order valence-corrected chi connectivity index (χ3v) is 4.10. The van der Waals surface area contributed by atoms with Crippen LogP contribution in [-0.2, 0) is 0 Å². The van der Waals surface area contributed by atoms with E-state index in [0.29, 0.717) is 12.0 Å². The summed E-state index contributed by atoms with van der Waals surface area (Å²) in [5, 5.41) is 1.33. The molecule has 0 fully saturated rings. The number of hydrogen-bond donors (Lipinski definition) is 0. The number of allylic oxidation sites excluding steroid dienone is 6. The van der Waals surface area contributed by atoms with Gasteiger partial charge in [-0.15, -0.1) is 0 Å². The summed E-state index contributed by atoms with van der Waals surface area (Å²) in [6.45, 7) is 0. The lowest BCUT2D eigenvalue weighted by atomic mass is 9.93. The Morgan fingerprint density at radius 2 is 2.00 bits per heavy atom. The Morgan fingerprint density at radius 3 is 3.00 bits per heavy atom. The van der Waals surface area contributed by atoms with Gasteiger partial charge < -0.3 is 4.57 Å². The van der Waals surface area contributed by atoms with Gasteiger partial charge in [0.15, 0.2) is 0 Å². The van der Waals surface area contributed by atoms with Gasteiger partial charge in [-0.25, -0.2) is 0 Å². The maximum Gasteiger partial charge on any atom is 0.0483 e. The molecule has 0 spiro atoms. The molecule has 0 saturated heterocycles. The molecule has 2 aliphatic carbocycles. The first-order chi connectivity index (χ1) is 8.93. The molecule has 0 saturated carbocycles. The Labute approximate surface area is 107 Å². The van der Waals surface area contributed by atoms with Crippen LogP contribution in [-0.4, -0.2) is 4.57 Å². The predicted molar refractivity (Wildman–Crippen MR) is 75.4 cm³/mol. The molecule has 2 unspecified atom stereocenters. The summed E-state index contributed by atoms with van der Waals surface area (Å²) in [4.78, 5) is 0. The minimum atomic E-state index is 0.543. The van der Waals surface area contributed by atoms with Gasteiger partial charge in [0.1, 0.15) is 0 Å². The zero-order chi connectivity index (χ0) is 11.9. The van der Waals surface area contributed by atoms with Crippen molar-refractivity contribution in [2.75, 3.05) is 0 Å². The van der Waals surface area contributed by atoms with Crippen LogP contribution in [0.1, 0.15) is 12.5 Å². The van der Waals surface area contributed by atoms with Gasteiger partial charge in [0.25, 0.3) is 0 Å². The summed E-state index contributed by atoms with van der Waals surface area (Å²) in [5.74, 6) is 0.547. The second-order valence-electron chi connectivity index (χ2n) is 5.06. The monoisotopic (exact) mass is 233 g/mol. The molecule has 1 aromatic heterocycles. The lowest BCUT2D eigenvalue weighted by Gasteiger charge is -2.23. The minimum Gasteiger partial charge on any atom is -0.343 e. The van der Waals surface area contributed by atoms with Crippen molar-refractivity contribution in [3.63, 3.8) is 0 Å². The quantitative estimate of drug-likeness (QED) is 0.693. The van der Waals surface area contributed by atoms with Crippen LogP contribution >= 0.6 is 0 Å². The Balaban J connectivity index is 1.81. The van der Waals surface area contributed by atoms with Gasteiger partial charge >= 0.3 is 0 Å². The first-order valence-corrected chi connectivity index (χ1v) is 6.54. The van der Waals surface area contributed by atoms with E-state index in [0.717, 1.165) is 6.42 Å². The lowest BCUT2D eigenvalue weighted by molar-refractivity contribution is 0.473. The van der Waals surface area contributed by atoms with Gasteiger partial charge in [-0.3, -0.25) is 0 Å². The number of benzene rings is 1. The number of hydrogen-bond acceptors (Lipinski definition) is 0. The maximum absolute atomic E-state index is 2.44. The molecule has 1 heterocycles. The molecule has 2 aromatic rings. The van der Waals surface area contributed by atoms with Crippen LogP contribution < -0.4 is 0 Å². The first-order valence-electron chi connectivity index (χ1n) is 6.54. The van der Waals surface area contributed by atoms with Crippen molar-refractivity contribution in [3.8, 4) is 0 Å². The van der Waals surface area contributed by atoms with E-state index >= 15 is 0 Å². The fourth-order valence-electron chi connectivity index (χ4n) is 3.21. The van der Waals surface area contributed by atoms with Gasteiger partial charge in [0, 0.05) is 23.7 Å². The van der Waals surface area contributed by atoms with E-state index in [1.54, 1.807) is 0 Å². The second kappa shape index (κ2) is 3.74. The molecule has 2 atom stereocenters. The highest BCUT2D eigenvalue weighted by Gasteiger charge is 2.29. The molecular formula is C17H15N. The highest BCUT2D eigenvalue weighted by Crippen LogP contribution is 2.40. The van der Waals surface area contributed by atoms with E-state index in [4.69, 9.17) is 0 Å². The summed E-state index contributed by atoms with van der Waals surface area (Å²) in [7, 11) is 0. The van der Waals surface area contributed by atoms with Crippen molar-refractivity contribution in [2.45, 2.75) is 12.5 Å². The van der Waals surface area contributed by atoms with Crippen LogP contribution in [0.3, 0.4) is 0 Å². The third kappa shape index (κ3) is 1.34. The standard InChI is InChI=1S/C17H15N/c1-3-7-15-13(5-1)9-10-17(15)18-12-11-14-6-2-4-8-16(14)18/h1-9,11-12,15,17H,10H2. The number of nitrogens with zero attached hydrogens (tertiary/aromatic N) is 1. The van der Waals surface area contributed by atoms with E-state index < -0.39 is 0 Å². The zero-order valence-electron chi connectivity index (χ0n) is 10.2. The van der Waals surface area contributed by atoms with Crippen molar-refractivity contribution in [1.29, 1.82) is 0 Å². The first kappa shape index (κ1) is 9.95. The third-order valence-electron chi connectivity index (χ3n) is 4.10. The van der Waals surface area contributed by atoms with Crippen molar-refractivity contribution >= 4 is 10.9 Å². The molecule has 1 aromatic carbocycles. The number of fused-ring (bicyclic) bond motifs is 2. The van der Waals surface area contributed by atoms with Crippen LogP contribution in [0, 0.1) is 5.92 Å². The highest BCUT2D eigenvalue weighted by atomic mass is 15.0. The van der Waals surface area contributed by atoms with Gasteiger partial charge in [0.05, 0.1) is 0 Å². The molecule has 0 amide bonds. The van der Waals surface area contributed by atoms with E-state index in [2.05, 4.69) is 71.5 Å². The van der Waals surface area contributed by atoms with Crippen molar-refractivity contribution in [3.05, 3.63) is 72.5 Å². The molecule has 0 radical (unpaired) electrons. The van der Waals surface area contributed by atoms with Crippen LogP contribution in [0.2, 0.25) is 0 Å². The van der Waals surface area contributed by atoms with Crippen LogP contribution in [0.25, 0.3) is 10.9 Å². The summed E-state index contributed by atoms with van der Waals surface area (Å²) < 4.78 is 2.44. The van der Waals surface area contributed by atoms with Crippen LogP contribution in [0.15, 0.2) is 72.5 Å². The molecule has 18 heavy (non-hydrogen) atoms. The Morgan fingerprint density at radius 1 is 1.06 bits per heavy atom. The fourth-order valence-corrected chi connectivity index (χ4v) is 3.21. The van der Waals surface area contributed by atoms with Crippen LogP contribution in [0.5, 0.6) is 0 Å². The molecule has 4 rings (SSSR count). The van der Waals surface area contributed by atoms with E-state index in [-0.39, 0.29) is 0 Å². The Hall–Kier alpha value is -2.02. The van der Waals surface area contributed by atoms with E-state index in [1.807, 2.05) is 0 Å². The summed E-state index contributed by atoms with van der Waals surface area (Å²) in [6, 6.07) is 11.4. The molecule has 0 bridgehead atoms. The van der Waals surface area contributed by atoms with Gasteiger partial charge in [-0.2, -0.15) is 0 Å². The molecule has 88 valence electrons.